The van der Waals surface area contributed by atoms with E-state index >= 15 is 0 Å². The van der Waals surface area contributed by atoms with E-state index in [1.165, 1.54) is 19.2 Å². The molecule has 0 fully saturated rings. The van der Waals surface area contributed by atoms with Gasteiger partial charge in [0.1, 0.15) is 10.6 Å². The molecule has 2 rings (SSSR count). The minimum atomic E-state index is -4.26. The molecule has 0 saturated carbocycles. The summed E-state index contributed by atoms with van der Waals surface area (Å²) in [5.74, 6) is -0.144. The monoisotopic (exact) mass is 452 g/mol. The van der Waals surface area contributed by atoms with Gasteiger partial charge in [-0.2, -0.15) is 0 Å². The number of rotatable bonds is 10. The first-order valence-electron chi connectivity index (χ1n) is 9.81. The van der Waals surface area contributed by atoms with E-state index in [9.17, 15) is 22.8 Å². The summed E-state index contributed by atoms with van der Waals surface area (Å²) in [5.41, 5.74) is 0.445. The molecular formula is C20H28N4O6S. The molecule has 10 nitrogen and oxygen atoms in total. The molecule has 0 radical (unpaired) electrons. The Bertz CT molecular complexity index is 991. The number of hydrogen-bond acceptors (Lipinski definition) is 6. The minimum Gasteiger partial charge on any atom is -0.495 e. The predicted octanol–water partition coefficient (Wildman–Crippen LogP) is 1.31. The van der Waals surface area contributed by atoms with Gasteiger partial charge in [-0.25, -0.2) is 17.9 Å². The molecule has 1 aromatic rings. The Morgan fingerprint density at radius 2 is 2.03 bits per heavy atom. The Morgan fingerprint density at radius 1 is 1.32 bits per heavy atom. The number of methoxy groups -OCH3 is 1. The third-order valence-corrected chi connectivity index (χ3v) is 6.83. The van der Waals surface area contributed by atoms with E-state index in [1.807, 2.05) is 18.6 Å². The van der Waals surface area contributed by atoms with Crippen molar-refractivity contribution in [1.29, 1.82) is 0 Å². The number of urea groups is 1. The van der Waals surface area contributed by atoms with Gasteiger partial charge in [-0.15, -0.1) is 0 Å². The molecule has 11 heteroatoms. The predicted molar refractivity (Wildman–Crippen MR) is 114 cm³/mol. The number of carbonyl (C=O) groups is 3. The summed E-state index contributed by atoms with van der Waals surface area (Å²) in [4.78, 5) is 35.4. The van der Waals surface area contributed by atoms with Gasteiger partial charge in [-0.3, -0.25) is 9.59 Å². The topological polar surface area (TPSA) is 143 Å². The standard InChI is InChI=1S/C20H28N4O6S/c1-5-20(13(3)11-22-18(20)26)10-15(23-12-25)14-7-8-16(30-4)17(9-14)31(28,29)24-19(27)21-6-2/h7-9,11-12,15H,5-6,10H2,1-4H3,(H,22,26)(H,23,25)(H2,21,24,27). The third-order valence-electron chi connectivity index (χ3n) is 5.48. The first-order valence-corrected chi connectivity index (χ1v) is 11.3. The number of ether oxygens (including phenoxy) is 1. The van der Waals surface area contributed by atoms with Crippen LogP contribution in [0, 0.1) is 5.41 Å². The summed E-state index contributed by atoms with van der Waals surface area (Å²) in [5, 5.41) is 7.75. The number of carbonyl (C=O) groups excluding carboxylic acids is 3. The van der Waals surface area contributed by atoms with Gasteiger partial charge in [-0.1, -0.05) is 13.0 Å². The van der Waals surface area contributed by atoms with Gasteiger partial charge < -0.3 is 20.7 Å². The number of amides is 4. The van der Waals surface area contributed by atoms with Crippen LogP contribution in [-0.4, -0.2) is 40.4 Å². The van der Waals surface area contributed by atoms with Crippen molar-refractivity contribution in [3.05, 3.63) is 35.5 Å². The number of benzene rings is 1. The number of hydrogen-bond donors (Lipinski definition) is 4. The molecule has 4 N–H and O–H groups in total. The highest BCUT2D eigenvalue weighted by Crippen LogP contribution is 2.43. The van der Waals surface area contributed by atoms with Crippen LogP contribution in [-0.2, 0) is 19.6 Å². The average molecular weight is 453 g/mol. The SMILES string of the molecule is CCNC(=O)NS(=O)(=O)c1cc(C(CC2(CC)C(=O)NC=C2C)NC=O)ccc1OC. The molecule has 1 aromatic carbocycles. The average Bonchev–Trinajstić information content (AvgIpc) is 3.01. The van der Waals surface area contributed by atoms with Crippen LogP contribution >= 0.6 is 0 Å². The molecule has 0 aromatic heterocycles. The normalized spacial score (nSPS) is 19.1. The smallest absolute Gasteiger partial charge is 0.328 e. The molecule has 4 amide bonds. The summed E-state index contributed by atoms with van der Waals surface area (Å²) < 4.78 is 32.7. The highest BCUT2D eigenvalue weighted by molar-refractivity contribution is 7.90. The van der Waals surface area contributed by atoms with Crippen molar-refractivity contribution in [3.8, 4) is 5.75 Å². The summed E-state index contributed by atoms with van der Waals surface area (Å²) in [6, 6.07) is 2.86. The number of sulfonamides is 1. The van der Waals surface area contributed by atoms with Crippen molar-refractivity contribution >= 4 is 28.4 Å². The van der Waals surface area contributed by atoms with E-state index in [0.29, 0.717) is 18.4 Å². The van der Waals surface area contributed by atoms with E-state index in [4.69, 9.17) is 4.74 Å². The van der Waals surface area contributed by atoms with Crippen LogP contribution < -0.4 is 25.4 Å². The van der Waals surface area contributed by atoms with Gasteiger partial charge in [0.2, 0.25) is 12.3 Å². The van der Waals surface area contributed by atoms with Crippen molar-refractivity contribution in [2.45, 2.75) is 44.6 Å². The van der Waals surface area contributed by atoms with Gasteiger partial charge in [0.05, 0.1) is 18.6 Å². The minimum absolute atomic E-state index is 0.0327. The van der Waals surface area contributed by atoms with Gasteiger partial charge >= 0.3 is 6.03 Å². The Balaban J connectivity index is 2.49. The fraction of sp³-hybridized carbons (Fsp3) is 0.450. The third kappa shape index (κ3) is 4.98. The largest absolute Gasteiger partial charge is 0.495 e. The lowest BCUT2D eigenvalue weighted by Crippen LogP contribution is -2.39. The molecule has 2 atom stereocenters. The Morgan fingerprint density at radius 3 is 2.55 bits per heavy atom. The van der Waals surface area contributed by atoms with E-state index in [-0.39, 0.29) is 29.5 Å². The molecule has 1 aliphatic heterocycles. The van der Waals surface area contributed by atoms with E-state index in [2.05, 4.69) is 16.0 Å². The summed E-state index contributed by atoms with van der Waals surface area (Å²) >= 11 is 0. The molecule has 0 saturated heterocycles. The summed E-state index contributed by atoms with van der Waals surface area (Å²) in [6.07, 6.45) is 2.87. The zero-order chi connectivity index (χ0) is 23.2. The maximum Gasteiger partial charge on any atom is 0.328 e. The molecule has 0 aliphatic carbocycles. The van der Waals surface area contributed by atoms with Crippen LogP contribution in [0.1, 0.15) is 45.2 Å². The maximum atomic E-state index is 12.8. The van der Waals surface area contributed by atoms with Crippen LogP contribution in [0.5, 0.6) is 5.75 Å². The Hall–Kier alpha value is -3.08. The highest BCUT2D eigenvalue weighted by Gasteiger charge is 2.43. The number of nitrogens with one attached hydrogen (secondary N) is 4. The van der Waals surface area contributed by atoms with Crippen molar-refractivity contribution in [2.24, 2.45) is 5.41 Å². The van der Waals surface area contributed by atoms with E-state index in [0.717, 1.165) is 5.57 Å². The van der Waals surface area contributed by atoms with E-state index < -0.39 is 27.5 Å². The molecule has 31 heavy (non-hydrogen) atoms. The van der Waals surface area contributed by atoms with Gasteiger partial charge in [0, 0.05) is 12.7 Å². The highest BCUT2D eigenvalue weighted by atomic mass is 32.2. The zero-order valence-corrected chi connectivity index (χ0v) is 18.8. The van der Waals surface area contributed by atoms with Crippen molar-refractivity contribution in [1.82, 2.24) is 20.7 Å². The van der Waals surface area contributed by atoms with Crippen molar-refractivity contribution in [3.63, 3.8) is 0 Å². The first kappa shape index (κ1) is 24.2. The lowest BCUT2D eigenvalue weighted by atomic mass is 9.73. The lowest BCUT2D eigenvalue weighted by molar-refractivity contribution is -0.128. The van der Waals surface area contributed by atoms with Gasteiger partial charge in [0.25, 0.3) is 10.0 Å². The van der Waals surface area contributed by atoms with Crippen molar-refractivity contribution < 1.29 is 27.5 Å². The van der Waals surface area contributed by atoms with Crippen LogP contribution in [0.25, 0.3) is 0 Å². The fourth-order valence-electron chi connectivity index (χ4n) is 3.66. The van der Waals surface area contributed by atoms with Crippen LogP contribution in [0.4, 0.5) is 4.79 Å². The first-order chi connectivity index (χ1) is 14.6. The lowest BCUT2D eigenvalue weighted by Gasteiger charge is -2.31. The quantitative estimate of drug-likeness (QED) is 0.394. The second-order valence-electron chi connectivity index (χ2n) is 7.15. The fourth-order valence-corrected chi connectivity index (χ4v) is 4.80. The van der Waals surface area contributed by atoms with Crippen LogP contribution in [0.3, 0.4) is 0 Å². The second kappa shape index (κ2) is 9.82. The van der Waals surface area contributed by atoms with Crippen LogP contribution in [0.15, 0.2) is 34.9 Å². The molecule has 2 unspecified atom stereocenters. The second-order valence-corrected chi connectivity index (χ2v) is 8.80. The van der Waals surface area contributed by atoms with Crippen LogP contribution in [0.2, 0.25) is 0 Å². The molecule has 0 bridgehead atoms. The zero-order valence-electron chi connectivity index (χ0n) is 17.9. The Labute approximate surface area is 181 Å². The Kier molecular flexibility index (Phi) is 7.66. The molecule has 170 valence electrons. The van der Waals surface area contributed by atoms with Gasteiger partial charge in [-0.05, 0) is 50.0 Å². The summed E-state index contributed by atoms with van der Waals surface area (Å²) in [7, 11) is -2.95. The molecule has 1 aliphatic rings. The molecule has 0 spiro atoms. The summed E-state index contributed by atoms with van der Waals surface area (Å²) in [6.45, 7) is 5.61. The van der Waals surface area contributed by atoms with E-state index in [1.54, 1.807) is 19.2 Å². The molecule has 1 heterocycles. The van der Waals surface area contributed by atoms with Crippen molar-refractivity contribution in [2.75, 3.05) is 13.7 Å². The molecular weight excluding hydrogens is 424 g/mol. The maximum absolute atomic E-state index is 12.8. The van der Waals surface area contributed by atoms with Gasteiger partial charge in [0.15, 0.2) is 0 Å².